The van der Waals surface area contributed by atoms with Crippen molar-refractivity contribution < 1.29 is 0 Å². The number of hydrogen-bond acceptors (Lipinski definition) is 4. The third-order valence-corrected chi connectivity index (χ3v) is 5.95. The molecule has 1 N–H and O–H groups in total. The van der Waals surface area contributed by atoms with Gasteiger partial charge in [-0.15, -0.1) is 0 Å². The molecule has 4 aromatic carbocycles. The van der Waals surface area contributed by atoms with Crippen LogP contribution in [-0.2, 0) is 0 Å². The SMILES string of the molecule is O=c1c2c(Nc3ccccc3)nc3ccccc3c2n(-c2ccccc2)c(=O)n1-c1ccccc1. The molecule has 2 aromatic heterocycles. The lowest BCUT2D eigenvalue weighted by Crippen LogP contribution is -2.38. The van der Waals surface area contributed by atoms with Gasteiger partial charge in [0.1, 0.15) is 11.2 Å². The van der Waals surface area contributed by atoms with Crippen molar-refractivity contribution >= 4 is 33.3 Å². The van der Waals surface area contributed by atoms with Gasteiger partial charge in [0.25, 0.3) is 5.56 Å². The van der Waals surface area contributed by atoms with Gasteiger partial charge >= 0.3 is 5.69 Å². The summed E-state index contributed by atoms with van der Waals surface area (Å²) < 4.78 is 2.81. The van der Waals surface area contributed by atoms with Crippen molar-refractivity contribution in [1.29, 1.82) is 0 Å². The molecule has 0 aliphatic heterocycles. The highest BCUT2D eigenvalue weighted by Crippen LogP contribution is 2.30. The Balaban J connectivity index is 1.84. The van der Waals surface area contributed by atoms with E-state index in [2.05, 4.69) is 5.32 Å². The van der Waals surface area contributed by atoms with Gasteiger partial charge in [0.2, 0.25) is 0 Å². The van der Waals surface area contributed by atoms with Crippen molar-refractivity contribution in [2.45, 2.75) is 0 Å². The second kappa shape index (κ2) is 8.43. The maximum Gasteiger partial charge on any atom is 0.340 e. The number of nitrogens with zero attached hydrogens (tertiary/aromatic N) is 3. The molecule has 6 nitrogen and oxygen atoms in total. The van der Waals surface area contributed by atoms with E-state index < -0.39 is 11.2 Å². The van der Waals surface area contributed by atoms with E-state index in [1.54, 1.807) is 28.8 Å². The van der Waals surface area contributed by atoms with Gasteiger partial charge in [0.15, 0.2) is 0 Å². The summed E-state index contributed by atoms with van der Waals surface area (Å²) in [4.78, 5) is 32.9. The monoisotopic (exact) mass is 456 g/mol. The topological polar surface area (TPSA) is 68.9 Å². The lowest BCUT2D eigenvalue weighted by atomic mass is 10.1. The molecule has 0 radical (unpaired) electrons. The van der Waals surface area contributed by atoms with Gasteiger partial charge in [-0.3, -0.25) is 9.36 Å². The van der Waals surface area contributed by atoms with Gasteiger partial charge in [-0.2, -0.15) is 0 Å². The zero-order valence-corrected chi connectivity index (χ0v) is 18.6. The maximum absolute atomic E-state index is 14.1. The molecule has 6 rings (SSSR count). The fourth-order valence-corrected chi connectivity index (χ4v) is 4.39. The first-order valence-electron chi connectivity index (χ1n) is 11.3. The molecule has 0 aliphatic carbocycles. The van der Waals surface area contributed by atoms with E-state index in [0.29, 0.717) is 33.6 Å². The molecule has 0 saturated carbocycles. The number of para-hydroxylation sites is 4. The first-order valence-corrected chi connectivity index (χ1v) is 11.3. The Bertz CT molecular complexity index is 1790. The molecule has 0 bridgehead atoms. The summed E-state index contributed by atoms with van der Waals surface area (Å²) in [5.74, 6) is 0.393. The summed E-state index contributed by atoms with van der Waals surface area (Å²) in [6.07, 6.45) is 0. The minimum absolute atomic E-state index is 0.333. The number of pyridine rings is 1. The Morgan fingerprint density at radius 1 is 0.600 bits per heavy atom. The molecule has 168 valence electrons. The zero-order valence-electron chi connectivity index (χ0n) is 18.6. The first kappa shape index (κ1) is 20.6. The molecule has 6 aromatic rings. The third-order valence-electron chi connectivity index (χ3n) is 5.95. The Labute approximate surface area is 200 Å². The number of aromatic nitrogens is 3. The molecular weight excluding hydrogens is 436 g/mol. The Morgan fingerprint density at radius 3 is 1.80 bits per heavy atom. The predicted molar refractivity (Wildman–Crippen MR) is 140 cm³/mol. The average molecular weight is 457 g/mol. The fraction of sp³-hybridized carbons (Fsp3) is 0. The lowest BCUT2D eigenvalue weighted by molar-refractivity contribution is 0.836. The van der Waals surface area contributed by atoms with Gasteiger partial charge in [-0.1, -0.05) is 72.8 Å². The summed E-state index contributed by atoms with van der Waals surface area (Å²) in [6, 6.07) is 35.4. The van der Waals surface area contributed by atoms with Crippen LogP contribution in [0.2, 0.25) is 0 Å². The Morgan fingerprint density at radius 2 is 1.14 bits per heavy atom. The van der Waals surface area contributed by atoms with Crippen molar-refractivity contribution in [2.24, 2.45) is 0 Å². The molecule has 0 fully saturated rings. The molecule has 0 atom stereocenters. The Kier molecular flexibility index (Phi) is 4.96. The second-order valence-corrected chi connectivity index (χ2v) is 8.12. The number of anilines is 2. The van der Waals surface area contributed by atoms with Crippen LogP contribution < -0.4 is 16.6 Å². The molecule has 6 heteroatoms. The van der Waals surface area contributed by atoms with Crippen molar-refractivity contribution in [1.82, 2.24) is 14.1 Å². The van der Waals surface area contributed by atoms with E-state index in [1.165, 1.54) is 4.57 Å². The van der Waals surface area contributed by atoms with Crippen LogP contribution in [0, 0.1) is 0 Å². The minimum atomic E-state index is -0.443. The normalized spacial score (nSPS) is 11.1. The molecule has 0 spiro atoms. The summed E-state index contributed by atoms with van der Waals surface area (Å²) in [5.41, 5.74) is 2.27. The van der Waals surface area contributed by atoms with E-state index in [-0.39, 0.29) is 0 Å². The minimum Gasteiger partial charge on any atom is -0.339 e. The van der Waals surface area contributed by atoms with Gasteiger partial charge < -0.3 is 5.32 Å². The van der Waals surface area contributed by atoms with Crippen molar-refractivity contribution in [3.05, 3.63) is 136 Å². The second-order valence-electron chi connectivity index (χ2n) is 8.12. The zero-order chi connectivity index (χ0) is 23.8. The number of benzene rings is 4. The van der Waals surface area contributed by atoms with Gasteiger partial charge in [-0.05, 0) is 42.5 Å². The molecule has 0 amide bonds. The number of rotatable bonds is 4. The average Bonchev–Trinajstić information content (AvgIpc) is 2.90. The van der Waals surface area contributed by atoms with E-state index in [0.717, 1.165) is 11.1 Å². The number of nitrogens with one attached hydrogen (secondary N) is 1. The standard InChI is InChI=1S/C29H20N4O2/c34-28-25-26(23-18-10-11-19-24(23)31-27(25)30-20-12-4-1-5-13-20)32(21-14-6-2-7-15-21)29(35)33(28)22-16-8-3-9-17-22/h1-19H,(H,30,31). The van der Waals surface area contributed by atoms with E-state index >= 15 is 0 Å². The lowest BCUT2D eigenvalue weighted by Gasteiger charge is -2.18. The molecular formula is C29H20N4O2. The van der Waals surface area contributed by atoms with Crippen molar-refractivity contribution in [2.75, 3.05) is 5.32 Å². The van der Waals surface area contributed by atoms with E-state index in [4.69, 9.17) is 4.98 Å². The van der Waals surface area contributed by atoms with Crippen molar-refractivity contribution in [3.63, 3.8) is 0 Å². The van der Waals surface area contributed by atoms with Crippen LogP contribution in [0.3, 0.4) is 0 Å². The van der Waals surface area contributed by atoms with Crippen LogP contribution >= 0.6 is 0 Å². The maximum atomic E-state index is 14.1. The molecule has 35 heavy (non-hydrogen) atoms. The van der Waals surface area contributed by atoms with Crippen LogP contribution in [-0.4, -0.2) is 14.1 Å². The highest BCUT2D eigenvalue weighted by Gasteiger charge is 2.22. The summed E-state index contributed by atoms with van der Waals surface area (Å²) in [5, 5.41) is 4.37. The molecule has 0 aliphatic rings. The predicted octanol–water partition coefficient (Wildman–Crippen LogP) is 5.43. The Hall–Kier alpha value is -4.97. The highest BCUT2D eigenvalue weighted by molar-refractivity contribution is 6.09. The fourth-order valence-electron chi connectivity index (χ4n) is 4.39. The largest absolute Gasteiger partial charge is 0.340 e. The van der Waals surface area contributed by atoms with Crippen LogP contribution in [0.5, 0.6) is 0 Å². The van der Waals surface area contributed by atoms with Gasteiger partial charge in [-0.25, -0.2) is 14.3 Å². The summed E-state index contributed by atoms with van der Waals surface area (Å²) in [6.45, 7) is 0. The highest BCUT2D eigenvalue weighted by atomic mass is 16.2. The molecule has 0 saturated heterocycles. The third kappa shape index (κ3) is 3.48. The number of hydrogen-bond donors (Lipinski definition) is 1. The van der Waals surface area contributed by atoms with E-state index in [9.17, 15) is 9.59 Å². The number of fused-ring (bicyclic) bond motifs is 3. The van der Waals surface area contributed by atoms with Crippen molar-refractivity contribution in [3.8, 4) is 11.4 Å². The quantitative estimate of drug-likeness (QED) is 0.359. The first-order chi connectivity index (χ1) is 17.2. The molecule has 2 heterocycles. The van der Waals surface area contributed by atoms with Gasteiger partial charge in [0.05, 0.1) is 22.4 Å². The van der Waals surface area contributed by atoms with E-state index in [1.807, 2.05) is 91.0 Å². The van der Waals surface area contributed by atoms with Crippen LogP contribution in [0.1, 0.15) is 0 Å². The summed E-state index contributed by atoms with van der Waals surface area (Å²) >= 11 is 0. The summed E-state index contributed by atoms with van der Waals surface area (Å²) in [7, 11) is 0. The van der Waals surface area contributed by atoms with Crippen LogP contribution in [0.25, 0.3) is 33.2 Å². The molecule has 0 unspecified atom stereocenters. The smallest absolute Gasteiger partial charge is 0.339 e. The van der Waals surface area contributed by atoms with Crippen LogP contribution in [0.15, 0.2) is 125 Å². The van der Waals surface area contributed by atoms with Crippen LogP contribution in [0.4, 0.5) is 11.5 Å². The van der Waals surface area contributed by atoms with Gasteiger partial charge in [0, 0.05) is 11.1 Å².